The molecular formula is C19H15ClN2O3S. The van der Waals surface area contributed by atoms with Gasteiger partial charge in [-0.05, 0) is 30.7 Å². The van der Waals surface area contributed by atoms with E-state index in [4.69, 9.17) is 16.3 Å². The van der Waals surface area contributed by atoms with Crippen LogP contribution in [0.5, 0.6) is 5.75 Å². The summed E-state index contributed by atoms with van der Waals surface area (Å²) in [6.07, 6.45) is 0. The smallest absolute Gasteiger partial charge is 0.263 e. The lowest BCUT2D eigenvalue weighted by Crippen LogP contribution is -2.27. The number of carbonyl (C=O) groups excluding carboxylic acids is 2. The maximum atomic E-state index is 12.7. The number of hydrogen-bond donors (Lipinski definition) is 2. The summed E-state index contributed by atoms with van der Waals surface area (Å²) in [7, 11) is 0. The zero-order valence-electron chi connectivity index (χ0n) is 13.8. The summed E-state index contributed by atoms with van der Waals surface area (Å²) in [6, 6.07) is 12.9. The van der Waals surface area contributed by atoms with Gasteiger partial charge in [0, 0.05) is 10.1 Å². The first-order valence-electron chi connectivity index (χ1n) is 8.07. The standard InChI is InChI=1S/C19H15ClN2O3S/c1-10(11-6-7-14-13(8-11)22-16(23)9-25-14)21-19(24)18-17(20)12-4-2-3-5-15(12)26-18/h2-8,10H,9H2,1H3,(H,21,24)(H,22,23). The highest BCUT2D eigenvalue weighted by Crippen LogP contribution is 2.36. The van der Waals surface area contributed by atoms with E-state index in [1.807, 2.05) is 43.3 Å². The van der Waals surface area contributed by atoms with Crippen LogP contribution < -0.4 is 15.4 Å². The van der Waals surface area contributed by atoms with Crippen LogP contribution in [0, 0.1) is 0 Å². The van der Waals surface area contributed by atoms with Gasteiger partial charge in [0.05, 0.1) is 16.8 Å². The molecule has 2 N–H and O–H groups in total. The van der Waals surface area contributed by atoms with Crippen LogP contribution >= 0.6 is 22.9 Å². The van der Waals surface area contributed by atoms with Crippen molar-refractivity contribution in [3.05, 3.63) is 57.9 Å². The largest absolute Gasteiger partial charge is 0.482 e. The molecule has 26 heavy (non-hydrogen) atoms. The van der Waals surface area contributed by atoms with E-state index < -0.39 is 0 Å². The number of benzene rings is 2. The van der Waals surface area contributed by atoms with Gasteiger partial charge in [-0.3, -0.25) is 9.59 Å². The van der Waals surface area contributed by atoms with Crippen LogP contribution in [0.15, 0.2) is 42.5 Å². The summed E-state index contributed by atoms with van der Waals surface area (Å²) in [5.74, 6) is 0.213. The molecule has 0 aliphatic carbocycles. The second-order valence-corrected chi connectivity index (χ2v) is 7.46. The maximum absolute atomic E-state index is 12.7. The maximum Gasteiger partial charge on any atom is 0.263 e. The van der Waals surface area contributed by atoms with Crippen molar-refractivity contribution in [1.29, 1.82) is 0 Å². The summed E-state index contributed by atoms with van der Waals surface area (Å²) in [4.78, 5) is 24.6. The molecular weight excluding hydrogens is 372 g/mol. The van der Waals surface area contributed by atoms with Crippen molar-refractivity contribution >= 4 is 50.5 Å². The molecule has 132 valence electrons. The number of thiophene rings is 1. The van der Waals surface area contributed by atoms with Gasteiger partial charge >= 0.3 is 0 Å². The minimum Gasteiger partial charge on any atom is -0.482 e. The first-order chi connectivity index (χ1) is 12.5. The third-order valence-corrected chi connectivity index (χ3v) is 5.90. The minimum atomic E-state index is -0.257. The van der Waals surface area contributed by atoms with Crippen LogP contribution in [0.25, 0.3) is 10.1 Å². The molecule has 0 saturated heterocycles. The van der Waals surface area contributed by atoms with Gasteiger partial charge in [0.15, 0.2) is 6.61 Å². The van der Waals surface area contributed by atoms with Crippen LogP contribution in [0.3, 0.4) is 0 Å². The van der Waals surface area contributed by atoms with E-state index in [9.17, 15) is 9.59 Å². The normalized spacial score (nSPS) is 14.3. The van der Waals surface area contributed by atoms with Gasteiger partial charge in [-0.25, -0.2) is 0 Å². The molecule has 0 saturated carbocycles. The molecule has 1 unspecified atom stereocenters. The quantitative estimate of drug-likeness (QED) is 0.702. The van der Waals surface area contributed by atoms with E-state index in [1.54, 1.807) is 6.07 Å². The van der Waals surface area contributed by atoms with Crippen molar-refractivity contribution in [3.63, 3.8) is 0 Å². The SMILES string of the molecule is CC(NC(=O)c1sc2ccccc2c1Cl)c1ccc2c(c1)NC(=O)CO2. The van der Waals surface area contributed by atoms with E-state index in [1.165, 1.54) is 11.3 Å². The zero-order chi connectivity index (χ0) is 18.3. The Labute approximate surface area is 158 Å². The Morgan fingerprint density at radius 1 is 1.31 bits per heavy atom. The first-order valence-corrected chi connectivity index (χ1v) is 9.27. The number of hydrogen-bond acceptors (Lipinski definition) is 4. The summed E-state index contributed by atoms with van der Waals surface area (Å²) < 4.78 is 6.33. The number of rotatable bonds is 3. The second-order valence-electron chi connectivity index (χ2n) is 6.03. The highest BCUT2D eigenvalue weighted by atomic mass is 35.5. The highest BCUT2D eigenvalue weighted by Gasteiger charge is 2.21. The predicted octanol–water partition coefficient (Wildman–Crippen LogP) is 4.38. The van der Waals surface area contributed by atoms with Gasteiger partial charge in [0.1, 0.15) is 10.6 Å². The fourth-order valence-corrected chi connectivity index (χ4v) is 4.30. The summed E-state index contributed by atoms with van der Waals surface area (Å²) in [6.45, 7) is 1.90. The van der Waals surface area contributed by atoms with E-state index >= 15 is 0 Å². The zero-order valence-corrected chi connectivity index (χ0v) is 15.4. The Morgan fingerprint density at radius 2 is 2.12 bits per heavy atom. The van der Waals surface area contributed by atoms with Crippen LogP contribution in [-0.4, -0.2) is 18.4 Å². The molecule has 0 fully saturated rings. The Balaban J connectivity index is 1.56. The van der Waals surface area contributed by atoms with E-state index in [0.29, 0.717) is 21.3 Å². The lowest BCUT2D eigenvalue weighted by atomic mass is 10.1. The molecule has 5 nitrogen and oxygen atoms in total. The topological polar surface area (TPSA) is 67.4 Å². The molecule has 2 amide bonds. The number of carbonyl (C=O) groups is 2. The molecule has 7 heteroatoms. The number of amides is 2. The van der Waals surface area contributed by atoms with Crippen molar-refractivity contribution in [1.82, 2.24) is 5.32 Å². The van der Waals surface area contributed by atoms with Crippen molar-refractivity contribution in [2.24, 2.45) is 0 Å². The number of nitrogens with one attached hydrogen (secondary N) is 2. The third-order valence-electron chi connectivity index (χ3n) is 4.23. The van der Waals surface area contributed by atoms with Crippen LogP contribution in [0.4, 0.5) is 5.69 Å². The molecule has 2 aromatic carbocycles. The van der Waals surface area contributed by atoms with Crippen LogP contribution in [0.1, 0.15) is 28.2 Å². The number of fused-ring (bicyclic) bond motifs is 2. The Kier molecular flexibility index (Phi) is 4.30. The van der Waals surface area contributed by atoms with Gasteiger partial charge in [0.2, 0.25) is 0 Å². The van der Waals surface area contributed by atoms with Gasteiger partial charge in [0.25, 0.3) is 11.8 Å². The molecule has 1 atom stereocenters. The van der Waals surface area contributed by atoms with Crippen molar-refractivity contribution in [2.45, 2.75) is 13.0 Å². The monoisotopic (exact) mass is 386 g/mol. The van der Waals surface area contributed by atoms with E-state index in [2.05, 4.69) is 10.6 Å². The fourth-order valence-electron chi connectivity index (χ4n) is 2.88. The van der Waals surface area contributed by atoms with Crippen LogP contribution in [0.2, 0.25) is 5.02 Å². The molecule has 1 aliphatic rings. The summed E-state index contributed by atoms with van der Waals surface area (Å²) in [5, 5.41) is 7.09. The van der Waals surface area contributed by atoms with Gasteiger partial charge in [-0.1, -0.05) is 35.9 Å². The van der Waals surface area contributed by atoms with E-state index in [0.717, 1.165) is 15.6 Å². The molecule has 0 radical (unpaired) electrons. The highest BCUT2D eigenvalue weighted by molar-refractivity contribution is 7.21. The second kappa shape index (κ2) is 6.63. The predicted molar refractivity (Wildman–Crippen MR) is 103 cm³/mol. The van der Waals surface area contributed by atoms with Gasteiger partial charge < -0.3 is 15.4 Å². The molecule has 0 bridgehead atoms. The van der Waals surface area contributed by atoms with Gasteiger partial charge in [-0.15, -0.1) is 11.3 Å². The Hall–Kier alpha value is -2.57. The van der Waals surface area contributed by atoms with E-state index in [-0.39, 0.29) is 24.5 Å². The fraction of sp³-hybridized carbons (Fsp3) is 0.158. The average Bonchev–Trinajstić information content (AvgIpc) is 2.98. The minimum absolute atomic E-state index is 0.0169. The molecule has 4 rings (SSSR count). The Morgan fingerprint density at radius 3 is 2.92 bits per heavy atom. The molecule has 1 aromatic heterocycles. The molecule has 3 aromatic rings. The summed E-state index contributed by atoms with van der Waals surface area (Å²) >= 11 is 7.75. The number of ether oxygens (including phenoxy) is 1. The Bertz CT molecular complexity index is 1030. The number of halogens is 1. The average molecular weight is 387 g/mol. The lowest BCUT2D eigenvalue weighted by Gasteiger charge is -2.20. The lowest BCUT2D eigenvalue weighted by molar-refractivity contribution is -0.118. The number of anilines is 1. The molecule has 2 heterocycles. The van der Waals surface area contributed by atoms with Crippen molar-refractivity contribution < 1.29 is 14.3 Å². The molecule has 1 aliphatic heterocycles. The van der Waals surface area contributed by atoms with Crippen molar-refractivity contribution in [2.75, 3.05) is 11.9 Å². The molecule has 0 spiro atoms. The summed E-state index contributed by atoms with van der Waals surface area (Å²) in [5.41, 5.74) is 1.47. The van der Waals surface area contributed by atoms with Gasteiger partial charge in [-0.2, -0.15) is 0 Å². The first kappa shape index (κ1) is 16.9. The van der Waals surface area contributed by atoms with Crippen LogP contribution in [-0.2, 0) is 4.79 Å². The van der Waals surface area contributed by atoms with Crippen molar-refractivity contribution in [3.8, 4) is 5.75 Å². The third kappa shape index (κ3) is 3.02.